The zero-order valence-electron chi connectivity index (χ0n) is 9.59. The number of benzene rings is 1. The number of rotatable bonds is 2. The molecule has 1 aromatic heterocycles. The van der Waals surface area contributed by atoms with Crippen molar-refractivity contribution in [3.8, 4) is 5.69 Å². The van der Waals surface area contributed by atoms with Gasteiger partial charge >= 0.3 is 5.97 Å². The van der Waals surface area contributed by atoms with Crippen LogP contribution in [0.5, 0.6) is 0 Å². The molecule has 0 N–H and O–H groups in total. The number of nitrogens with zero attached hydrogens (tertiary/aromatic N) is 1. The summed E-state index contributed by atoms with van der Waals surface area (Å²) in [6, 6.07) is 8.51. The molecular formula is C13H10FNO3. The van der Waals surface area contributed by atoms with Crippen LogP contribution in [0.25, 0.3) is 5.69 Å². The summed E-state index contributed by atoms with van der Waals surface area (Å²) in [4.78, 5) is 22.8. The second-order valence-electron chi connectivity index (χ2n) is 3.56. The third-order valence-corrected chi connectivity index (χ3v) is 2.46. The molecule has 0 aliphatic rings. The number of halogens is 1. The lowest BCUT2D eigenvalue weighted by Gasteiger charge is -2.07. The Morgan fingerprint density at radius 1 is 1.28 bits per heavy atom. The lowest BCUT2D eigenvalue weighted by Crippen LogP contribution is -2.16. The average molecular weight is 247 g/mol. The SMILES string of the molecule is COC(=O)c1ccc(-n2ccccc2=O)cc1F. The molecule has 0 saturated carbocycles. The van der Waals surface area contributed by atoms with Gasteiger partial charge in [-0.3, -0.25) is 9.36 Å². The molecule has 1 heterocycles. The van der Waals surface area contributed by atoms with E-state index in [-0.39, 0.29) is 11.1 Å². The lowest BCUT2D eigenvalue weighted by molar-refractivity contribution is 0.0595. The van der Waals surface area contributed by atoms with Gasteiger partial charge < -0.3 is 4.74 Å². The van der Waals surface area contributed by atoms with Crippen LogP contribution in [0.15, 0.2) is 47.4 Å². The summed E-state index contributed by atoms with van der Waals surface area (Å²) < 4.78 is 19.4. The fourth-order valence-corrected chi connectivity index (χ4v) is 1.57. The van der Waals surface area contributed by atoms with Crippen molar-refractivity contribution >= 4 is 5.97 Å². The fraction of sp³-hybridized carbons (Fsp3) is 0.0769. The van der Waals surface area contributed by atoms with Crippen LogP contribution < -0.4 is 5.56 Å². The van der Waals surface area contributed by atoms with E-state index in [4.69, 9.17) is 0 Å². The predicted molar refractivity (Wildman–Crippen MR) is 63.3 cm³/mol. The molecule has 0 amide bonds. The van der Waals surface area contributed by atoms with Gasteiger partial charge in [-0.05, 0) is 24.3 Å². The molecule has 0 bridgehead atoms. The van der Waals surface area contributed by atoms with E-state index in [9.17, 15) is 14.0 Å². The molecule has 0 saturated heterocycles. The van der Waals surface area contributed by atoms with Crippen LogP contribution in [0.3, 0.4) is 0 Å². The zero-order valence-corrected chi connectivity index (χ0v) is 9.59. The molecular weight excluding hydrogens is 237 g/mol. The van der Waals surface area contributed by atoms with Gasteiger partial charge in [-0.1, -0.05) is 6.07 Å². The molecule has 92 valence electrons. The molecule has 0 aliphatic heterocycles. The number of hydrogen-bond donors (Lipinski definition) is 0. The van der Waals surface area contributed by atoms with E-state index >= 15 is 0 Å². The zero-order chi connectivity index (χ0) is 13.1. The Balaban J connectivity index is 2.50. The summed E-state index contributed by atoms with van der Waals surface area (Å²) in [6.07, 6.45) is 1.52. The Bertz CT molecular complexity index is 649. The molecule has 18 heavy (non-hydrogen) atoms. The maximum atomic E-state index is 13.7. The lowest BCUT2D eigenvalue weighted by atomic mass is 10.2. The van der Waals surface area contributed by atoms with Crippen molar-refractivity contribution in [3.05, 3.63) is 64.3 Å². The molecule has 0 unspecified atom stereocenters. The van der Waals surface area contributed by atoms with E-state index < -0.39 is 11.8 Å². The van der Waals surface area contributed by atoms with Gasteiger partial charge in [0.25, 0.3) is 5.56 Å². The standard InChI is InChI=1S/C13H10FNO3/c1-18-13(17)10-6-5-9(8-11(10)14)15-7-3-2-4-12(15)16/h2-8H,1H3. The van der Waals surface area contributed by atoms with Crippen LogP contribution in [0, 0.1) is 5.82 Å². The van der Waals surface area contributed by atoms with Crippen molar-refractivity contribution in [2.75, 3.05) is 7.11 Å². The van der Waals surface area contributed by atoms with Gasteiger partial charge in [-0.15, -0.1) is 0 Å². The highest BCUT2D eigenvalue weighted by Crippen LogP contribution is 2.13. The summed E-state index contributed by atoms with van der Waals surface area (Å²) in [5.41, 5.74) is -0.0845. The number of hydrogen-bond acceptors (Lipinski definition) is 3. The maximum Gasteiger partial charge on any atom is 0.340 e. The van der Waals surface area contributed by atoms with E-state index in [0.717, 1.165) is 6.07 Å². The molecule has 5 heteroatoms. The Morgan fingerprint density at radius 2 is 2.06 bits per heavy atom. The minimum absolute atomic E-state index is 0.162. The number of carbonyl (C=O) groups is 1. The van der Waals surface area contributed by atoms with Crippen LogP contribution in [0.2, 0.25) is 0 Å². The van der Waals surface area contributed by atoms with Gasteiger partial charge in [0.05, 0.1) is 18.4 Å². The average Bonchev–Trinajstić information content (AvgIpc) is 2.38. The molecule has 2 aromatic rings. The van der Waals surface area contributed by atoms with Crippen LogP contribution in [-0.4, -0.2) is 17.6 Å². The number of aromatic nitrogens is 1. The van der Waals surface area contributed by atoms with Gasteiger partial charge in [0.2, 0.25) is 0 Å². The van der Waals surface area contributed by atoms with Crippen molar-refractivity contribution in [1.82, 2.24) is 4.57 Å². The molecule has 2 rings (SSSR count). The Morgan fingerprint density at radius 3 is 2.67 bits per heavy atom. The number of pyridine rings is 1. The van der Waals surface area contributed by atoms with Gasteiger partial charge in [0.15, 0.2) is 0 Å². The second kappa shape index (κ2) is 4.83. The van der Waals surface area contributed by atoms with Crippen LogP contribution >= 0.6 is 0 Å². The molecule has 0 fully saturated rings. The molecule has 4 nitrogen and oxygen atoms in total. The van der Waals surface area contributed by atoms with Crippen molar-refractivity contribution in [1.29, 1.82) is 0 Å². The molecule has 0 spiro atoms. The first-order valence-corrected chi connectivity index (χ1v) is 5.19. The van der Waals surface area contributed by atoms with Crippen molar-refractivity contribution in [2.24, 2.45) is 0 Å². The molecule has 0 aliphatic carbocycles. The Kier molecular flexibility index (Phi) is 3.23. The summed E-state index contributed by atoms with van der Waals surface area (Å²) >= 11 is 0. The molecule has 0 radical (unpaired) electrons. The molecule has 1 aromatic carbocycles. The minimum atomic E-state index is -0.751. The van der Waals surface area contributed by atoms with Gasteiger partial charge in [-0.25, -0.2) is 9.18 Å². The number of ether oxygens (including phenoxy) is 1. The first kappa shape index (κ1) is 12.0. The largest absolute Gasteiger partial charge is 0.465 e. The van der Waals surface area contributed by atoms with E-state index in [2.05, 4.69) is 4.74 Å². The Hall–Kier alpha value is -2.43. The van der Waals surface area contributed by atoms with E-state index in [1.807, 2.05) is 0 Å². The summed E-state index contributed by atoms with van der Waals surface area (Å²) in [5, 5.41) is 0. The van der Waals surface area contributed by atoms with Crippen molar-refractivity contribution < 1.29 is 13.9 Å². The van der Waals surface area contributed by atoms with Gasteiger partial charge in [-0.2, -0.15) is 0 Å². The number of methoxy groups -OCH3 is 1. The first-order valence-electron chi connectivity index (χ1n) is 5.19. The van der Waals surface area contributed by atoms with Crippen molar-refractivity contribution in [3.63, 3.8) is 0 Å². The number of esters is 1. The second-order valence-corrected chi connectivity index (χ2v) is 3.56. The summed E-state index contributed by atoms with van der Waals surface area (Å²) in [5.74, 6) is -1.48. The highest BCUT2D eigenvalue weighted by Gasteiger charge is 2.12. The monoisotopic (exact) mass is 247 g/mol. The quantitative estimate of drug-likeness (QED) is 0.760. The number of carbonyl (C=O) groups excluding carboxylic acids is 1. The third-order valence-electron chi connectivity index (χ3n) is 2.46. The normalized spacial score (nSPS) is 10.1. The summed E-state index contributed by atoms with van der Waals surface area (Å²) in [7, 11) is 1.18. The third kappa shape index (κ3) is 2.15. The highest BCUT2D eigenvalue weighted by molar-refractivity contribution is 5.89. The van der Waals surface area contributed by atoms with Crippen LogP contribution in [-0.2, 0) is 4.74 Å². The molecule has 0 atom stereocenters. The predicted octanol–water partition coefficient (Wildman–Crippen LogP) is 1.76. The summed E-state index contributed by atoms with van der Waals surface area (Å²) in [6.45, 7) is 0. The van der Waals surface area contributed by atoms with Gasteiger partial charge in [0, 0.05) is 12.3 Å². The van der Waals surface area contributed by atoms with Crippen LogP contribution in [0.1, 0.15) is 10.4 Å². The van der Waals surface area contributed by atoms with E-state index in [1.54, 1.807) is 12.1 Å². The fourth-order valence-electron chi connectivity index (χ4n) is 1.57. The topological polar surface area (TPSA) is 48.3 Å². The minimum Gasteiger partial charge on any atom is -0.465 e. The Labute approximate surface area is 102 Å². The van der Waals surface area contributed by atoms with Crippen LogP contribution in [0.4, 0.5) is 4.39 Å². The highest BCUT2D eigenvalue weighted by atomic mass is 19.1. The van der Waals surface area contributed by atoms with Crippen molar-refractivity contribution in [2.45, 2.75) is 0 Å². The smallest absolute Gasteiger partial charge is 0.340 e. The first-order chi connectivity index (χ1) is 8.63. The maximum absolute atomic E-state index is 13.7. The van der Waals surface area contributed by atoms with E-state index in [1.165, 1.54) is 36.1 Å². The van der Waals surface area contributed by atoms with Gasteiger partial charge in [0.1, 0.15) is 5.82 Å². The van der Waals surface area contributed by atoms with E-state index in [0.29, 0.717) is 5.69 Å².